The molecule has 108 valence electrons. The van der Waals surface area contributed by atoms with Crippen LogP contribution in [-0.2, 0) is 15.1 Å². The molecule has 0 spiro atoms. The molecule has 2 unspecified atom stereocenters. The van der Waals surface area contributed by atoms with Crippen LogP contribution in [0.2, 0.25) is 0 Å². The van der Waals surface area contributed by atoms with Crippen molar-refractivity contribution in [3.05, 3.63) is 35.9 Å². The SMILES string of the molecule is CC(C)OC1(c2ccccc2)CC1C1=NC(C)(C)CO1. The molecule has 1 aliphatic heterocycles. The van der Waals surface area contributed by atoms with Crippen LogP contribution in [0.25, 0.3) is 0 Å². The molecule has 1 aromatic rings. The second-order valence-electron chi connectivity index (χ2n) is 6.73. The van der Waals surface area contributed by atoms with E-state index in [1.807, 2.05) is 6.07 Å². The molecule has 1 saturated carbocycles. The molecule has 0 saturated heterocycles. The van der Waals surface area contributed by atoms with E-state index in [1.54, 1.807) is 0 Å². The molecule has 3 heteroatoms. The van der Waals surface area contributed by atoms with E-state index < -0.39 is 0 Å². The molecular formula is C17H23NO2. The third kappa shape index (κ3) is 2.35. The predicted molar refractivity (Wildman–Crippen MR) is 79.9 cm³/mol. The van der Waals surface area contributed by atoms with Crippen molar-refractivity contribution >= 4 is 5.90 Å². The number of benzene rings is 1. The van der Waals surface area contributed by atoms with Crippen molar-refractivity contribution in [1.82, 2.24) is 0 Å². The summed E-state index contributed by atoms with van der Waals surface area (Å²) in [5.74, 6) is 1.13. The van der Waals surface area contributed by atoms with Gasteiger partial charge in [0.1, 0.15) is 12.2 Å². The summed E-state index contributed by atoms with van der Waals surface area (Å²) >= 11 is 0. The fourth-order valence-electron chi connectivity index (χ4n) is 2.98. The molecule has 3 rings (SSSR count). The van der Waals surface area contributed by atoms with Crippen LogP contribution < -0.4 is 0 Å². The zero-order valence-electron chi connectivity index (χ0n) is 12.7. The first-order valence-electron chi connectivity index (χ1n) is 7.39. The van der Waals surface area contributed by atoms with Gasteiger partial charge in [-0.15, -0.1) is 0 Å². The lowest BCUT2D eigenvalue weighted by Crippen LogP contribution is -2.23. The van der Waals surface area contributed by atoms with E-state index in [2.05, 4.69) is 52.0 Å². The smallest absolute Gasteiger partial charge is 0.190 e. The Morgan fingerprint density at radius 2 is 1.95 bits per heavy atom. The maximum atomic E-state index is 6.27. The highest BCUT2D eigenvalue weighted by atomic mass is 16.5. The number of aliphatic imine (C=N–C) groups is 1. The fourth-order valence-corrected chi connectivity index (χ4v) is 2.98. The van der Waals surface area contributed by atoms with Gasteiger partial charge in [-0.3, -0.25) is 0 Å². The van der Waals surface area contributed by atoms with E-state index >= 15 is 0 Å². The predicted octanol–water partition coefficient (Wildman–Crippen LogP) is 3.53. The first kappa shape index (κ1) is 13.6. The van der Waals surface area contributed by atoms with Crippen molar-refractivity contribution in [2.45, 2.75) is 51.4 Å². The molecular weight excluding hydrogens is 250 g/mol. The molecule has 1 fully saturated rings. The molecule has 20 heavy (non-hydrogen) atoms. The van der Waals surface area contributed by atoms with Crippen LogP contribution >= 0.6 is 0 Å². The van der Waals surface area contributed by atoms with Crippen molar-refractivity contribution in [3.8, 4) is 0 Å². The van der Waals surface area contributed by atoms with Gasteiger partial charge < -0.3 is 9.47 Å². The zero-order valence-corrected chi connectivity index (χ0v) is 12.7. The van der Waals surface area contributed by atoms with Gasteiger partial charge in [0.15, 0.2) is 5.90 Å². The van der Waals surface area contributed by atoms with E-state index in [0.717, 1.165) is 12.3 Å². The minimum absolute atomic E-state index is 0.0990. The van der Waals surface area contributed by atoms with Crippen LogP contribution in [0.4, 0.5) is 0 Å². The second-order valence-corrected chi connectivity index (χ2v) is 6.73. The lowest BCUT2D eigenvalue weighted by Gasteiger charge is -2.22. The van der Waals surface area contributed by atoms with E-state index in [9.17, 15) is 0 Å². The Labute approximate surface area is 121 Å². The Hall–Kier alpha value is -1.35. The zero-order chi connectivity index (χ0) is 14.4. The average molecular weight is 273 g/mol. The number of hydrogen-bond donors (Lipinski definition) is 0. The van der Waals surface area contributed by atoms with Crippen molar-refractivity contribution in [3.63, 3.8) is 0 Å². The minimum atomic E-state index is -0.241. The lowest BCUT2D eigenvalue weighted by molar-refractivity contribution is -0.0210. The molecule has 1 aromatic carbocycles. The van der Waals surface area contributed by atoms with E-state index in [-0.39, 0.29) is 23.2 Å². The Kier molecular flexibility index (Phi) is 3.13. The largest absolute Gasteiger partial charge is 0.478 e. The van der Waals surface area contributed by atoms with Gasteiger partial charge in [0.25, 0.3) is 0 Å². The van der Waals surface area contributed by atoms with Gasteiger partial charge in [0.2, 0.25) is 0 Å². The van der Waals surface area contributed by atoms with Crippen LogP contribution in [0, 0.1) is 5.92 Å². The normalized spacial score (nSPS) is 31.1. The monoisotopic (exact) mass is 273 g/mol. The summed E-state index contributed by atoms with van der Waals surface area (Å²) < 4.78 is 12.1. The molecule has 1 aliphatic carbocycles. The van der Waals surface area contributed by atoms with Crippen molar-refractivity contribution < 1.29 is 9.47 Å². The van der Waals surface area contributed by atoms with Crippen LogP contribution in [0.1, 0.15) is 39.7 Å². The summed E-state index contributed by atoms with van der Waals surface area (Å²) in [7, 11) is 0. The summed E-state index contributed by atoms with van der Waals surface area (Å²) in [5, 5.41) is 0. The topological polar surface area (TPSA) is 30.8 Å². The Morgan fingerprint density at radius 1 is 1.25 bits per heavy atom. The number of ether oxygens (including phenoxy) is 2. The van der Waals surface area contributed by atoms with E-state index in [0.29, 0.717) is 6.61 Å². The van der Waals surface area contributed by atoms with Crippen molar-refractivity contribution in [1.29, 1.82) is 0 Å². The number of rotatable bonds is 4. The molecule has 0 radical (unpaired) electrons. The fraction of sp³-hybridized carbons (Fsp3) is 0.588. The highest BCUT2D eigenvalue weighted by molar-refractivity contribution is 5.85. The molecule has 0 amide bonds. The Morgan fingerprint density at radius 3 is 2.50 bits per heavy atom. The summed E-state index contributed by atoms with van der Waals surface area (Å²) in [6.07, 6.45) is 1.15. The summed E-state index contributed by atoms with van der Waals surface area (Å²) in [6.45, 7) is 9.06. The van der Waals surface area contributed by atoms with Gasteiger partial charge in [-0.25, -0.2) is 4.99 Å². The third-order valence-electron chi connectivity index (χ3n) is 3.90. The van der Waals surface area contributed by atoms with Crippen LogP contribution in [-0.4, -0.2) is 24.1 Å². The van der Waals surface area contributed by atoms with Crippen LogP contribution in [0.3, 0.4) is 0 Å². The van der Waals surface area contributed by atoms with Gasteiger partial charge in [0, 0.05) is 0 Å². The molecule has 3 nitrogen and oxygen atoms in total. The molecule has 0 bridgehead atoms. The van der Waals surface area contributed by atoms with Gasteiger partial charge in [-0.05, 0) is 39.7 Å². The van der Waals surface area contributed by atoms with E-state index in [1.165, 1.54) is 5.56 Å². The van der Waals surface area contributed by atoms with E-state index in [4.69, 9.17) is 14.5 Å². The molecule has 2 aliphatic rings. The van der Waals surface area contributed by atoms with Crippen LogP contribution in [0.15, 0.2) is 35.3 Å². The van der Waals surface area contributed by atoms with Crippen molar-refractivity contribution in [2.24, 2.45) is 10.9 Å². The summed E-state index contributed by atoms with van der Waals surface area (Å²) in [4.78, 5) is 4.72. The highest BCUT2D eigenvalue weighted by Crippen LogP contribution is 2.57. The standard InChI is InChI=1S/C17H23NO2/c1-12(2)20-17(13-8-6-5-7-9-13)10-14(17)15-18-16(3,4)11-19-15/h5-9,12,14H,10-11H2,1-4H3. The molecule has 2 atom stereocenters. The summed E-state index contributed by atoms with van der Waals surface area (Å²) in [6, 6.07) is 10.5. The maximum absolute atomic E-state index is 6.27. The molecule has 0 aromatic heterocycles. The molecule has 1 heterocycles. The lowest BCUT2D eigenvalue weighted by atomic mass is 10.0. The quantitative estimate of drug-likeness (QED) is 0.840. The van der Waals surface area contributed by atoms with Gasteiger partial charge >= 0.3 is 0 Å². The minimum Gasteiger partial charge on any atom is -0.478 e. The third-order valence-corrected chi connectivity index (χ3v) is 3.90. The van der Waals surface area contributed by atoms with Gasteiger partial charge in [-0.1, -0.05) is 30.3 Å². The summed E-state index contributed by atoms with van der Waals surface area (Å²) in [5.41, 5.74) is 0.891. The Balaban J connectivity index is 1.89. The molecule has 0 N–H and O–H groups in total. The highest BCUT2D eigenvalue weighted by Gasteiger charge is 2.62. The average Bonchev–Trinajstić information content (AvgIpc) is 2.99. The van der Waals surface area contributed by atoms with Gasteiger partial charge in [-0.2, -0.15) is 0 Å². The Bertz CT molecular complexity index is 521. The van der Waals surface area contributed by atoms with Crippen LogP contribution in [0.5, 0.6) is 0 Å². The maximum Gasteiger partial charge on any atom is 0.190 e. The van der Waals surface area contributed by atoms with Crippen molar-refractivity contribution in [2.75, 3.05) is 6.61 Å². The first-order valence-corrected chi connectivity index (χ1v) is 7.39. The first-order chi connectivity index (χ1) is 9.43. The number of nitrogens with zero attached hydrogens (tertiary/aromatic N) is 1. The second kappa shape index (κ2) is 4.59. The van der Waals surface area contributed by atoms with Gasteiger partial charge in [0.05, 0.1) is 17.6 Å². The number of hydrogen-bond acceptors (Lipinski definition) is 3.